The van der Waals surface area contributed by atoms with Crippen molar-refractivity contribution in [2.24, 2.45) is 0 Å². The summed E-state index contributed by atoms with van der Waals surface area (Å²) in [5, 5.41) is 11.7. The predicted molar refractivity (Wildman–Crippen MR) is 246 cm³/mol. The van der Waals surface area contributed by atoms with Gasteiger partial charge in [0.1, 0.15) is 24.2 Å². The maximum atomic E-state index is 14.4. The zero-order chi connectivity index (χ0) is 45.8. The number of carbonyl (C=O) groups excluding carboxylic acids is 5. The van der Waals surface area contributed by atoms with Crippen LogP contribution in [-0.2, 0) is 52.0 Å². The zero-order valence-corrected chi connectivity index (χ0v) is 36.8. The van der Waals surface area contributed by atoms with Crippen molar-refractivity contribution in [3.63, 3.8) is 0 Å². The molecule has 0 aliphatic rings. The van der Waals surface area contributed by atoms with Crippen LogP contribution in [0.5, 0.6) is 0 Å². The highest BCUT2D eigenvalue weighted by Crippen LogP contribution is 2.37. The van der Waals surface area contributed by atoms with Crippen molar-refractivity contribution in [1.29, 1.82) is 0 Å². The third-order valence-corrected chi connectivity index (χ3v) is 10.1. The van der Waals surface area contributed by atoms with E-state index in [4.69, 9.17) is 14.2 Å². The van der Waals surface area contributed by atoms with Gasteiger partial charge in [-0.3, -0.25) is 14.4 Å². The van der Waals surface area contributed by atoms with E-state index in [-0.39, 0.29) is 45.0 Å². The van der Waals surface area contributed by atoms with E-state index in [1.165, 1.54) is 12.2 Å². The van der Waals surface area contributed by atoms with Crippen molar-refractivity contribution in [2.45, 2.75) is 82.8 Å². The number of benzene rings is 5. The van der Waals surface area contributed by atoms with E-state index < -0.39 is 53.1 Å². The maximum absolute atomic E-state index is 14.4. The summed E-state index contributed by atoms with van der Waals surface area (Å²) in [4.78, 5) is 68.3. The monoisotopic (exact) mass is 866 g/mol. The Hall–Kier alpha value is -7.05. The Bertz CT molecular complexity index is 2170. The summed E-state index contributed by atoms with van der Waals surface area (Å²) in [6.45, 7) is 7.03. The largest absolute Gasteiger partial charge is 0.463 e. The van der Waals surface area contributed by atoms with Gasteiger partial charge in [-0.15, -0.1) is 0 Å². The van der Waals surface area contributed by atoms with Gasteiger partial charge in [0.2, 0.25) is 17.7 Å². The maximum Gasteiger partial charge on any atom is 0.408 e. The van der Waals surface area contributed by atoms with Crippen LogP contribution in [-0.4, -0.2) is 66.7 Å². The molecule has 0 fully saturated rings. The summed E-state index contributed by atoms with van der Waals surface area (Å²) < 4.78 is 16.5. The molecule has 0 saturated heterocycles. The molecule has 0 aliphatic heterocycles. The highest BCUT2D eigenvalue weighted by Gasteiger charge is 2.38. The Labute approximate surface area is 375 Å². The third kappa shape index (κ3) is 14.8. The number of ether oxygens (including phenoxy) is 3. The average molecular weight is 867 g/mol. The minimum absolute atomic E-state index is 0.0232. The predicted octanol–water partition coefficient (Wildman–Crippen LogP) is 7.32. The molecule has 0 aromatic heterocycles. The highest BCUT2D eigenvalue weighted by molar-refractivity contribution is 5.92. The lowest BCUT2D eigenvalue weighted by Crippen LogP contribution is -2.57. The number of hydrogen-bond acceptors (Lipinski definition) is 8. The van der Waals surface area contributed by atoms with Crippen molar-refractivity contribution in [1.82, 2.24) is 21.3 Å². The van der Waals surface area contributed by atoms with Gasteiger partial charge in [-0.05, 0) is 61.9 Å². The van der Waals surface area contributed by atoms with E-state index in [9.17, 15) is 24.0 Å². The fourth-order valence-electron chi connectivity index (χ4n) is 6.98. The van der Waals surface area contributed by atoms with Crippen LogP contribution in [0.1, 0.15) is 68.4 Å². The topological polar surface area (TPSA) is 161 Å². The molecule has 0 saturated carbocycles. The number of hydrogen-bond donors (Lipinski definition) is 4. The SMILES string of the molecule is CCOC(=O)/C=C/[C@H](CCC(=O)NC(c1ccccc1)(c1ccccc1)c1ccccc1)NC(=O)[C@H](Cc1ccccc1)NC(=O)[C@H](COC(C)(C)C)NC(=O)OCc1ccccc1. The first kappa shape index (κ1) is 48.0. The third-order valence-electron chi connectivity index (χ3n) is 10.1. The van der Waals surface area contributed by atoms with Gasteiger partial charge in [-0.2, -0.15) is 0 Å². The molecule has 0 heterocycles. The molecule has 0 spiro atoms. The standard InChI is InChI=1S/C52H58N4O8/c1-5-62-47(58)34-32-43(31-33-46(57)56-52(40-25-15-8-16-26-40,41-27-17-9-18-28-41)42-29-19-10-20-30-42)53-48(59)44(35-38-21-11-6-12-22-38)54-49(60)45(37-64-51(2,3)4)55-50(61)63-36-39-23-13-7-14-24-39/h6-30,32,34,43-45H,5,31,33,35-37H2,1-4H3,(H,53,59)(H,54,60)(H,55,61)(H,56,57)/b34-32+/t43-,44-,45-/m0/s1. The molecule has 0 aliphatic carbocycles. The molecule has 5 aromatic rings. The minimum Gasteiger partial charge on any atom is -0.463 e. The van der Waals surface area contributed by atoms with Gasteiger partial charge in [0, 0.05) is 25.0 Å². The second-order valence-corrected chi connectivity index (χ2v) is 16.1. The minimum atomic E-state index is -1.24. The van der Waals surface area contributed by atoms with Crippen molar-refractivity contribution < 1.29 is 38.2 Å². The lowest BCUT2D eigenvalue weighted by Gasteiger charge is -2.37. The highest BCUT2D eigenvalue weighted by atomic mass is 16.6. The quantitative estimate of drug-likeness (QED) is 0.0339. The second-order valence-electron chi connectivity index (χ2n) is 16.1. The lowest BCUT2D eigenvalue weighted by atomic mass is 9.77. The van der Waals surface area contributed by atoms with Crippen LogP contribution >= 0.6 is 0 Å². The number of esters is 1. The summed E-state index contributed by atoms with van der Waals surface area (Å²) in [5.41, 5.74) is 2.31. The van der Waals surface area contributed by atoms with E-state index >= 15 is 0 Å². The Kier molecular flexibility index (Phi) is 18.0. The smallest absolute Gasteiger partial charge is 0.408 e. The molecule has 12 heteroatoms. The summed E-state index contributed by atoms with van der Waals surface area (Å²) in [7, 11) is 0. The van der Waals surface area contributed by atoms with Gasteiger partial charge in [0.05, 0.1) is 18.8 Å². The van der Waals surface area contributed by atoms with Crippen LogP contribution in [0.4, 0.5) is 4.79 Å². The Balaban J connectivity index is 1.39. The van der Waals surface area contributed by atoms with Gasteiger partial charge >= 0.3 is 12.1 Å². The summed E-state index contributed by atoms with van der Waals surface area (Å²) in [6.07, 6.45) is 1.93. The number of carbonyl (C=O) groups is 5. The molecule has 5 aromatic carbocycles. The fraction of sp³-hybridized carbons (Fsp3) is 0.288. The molecule has 12 nitrogen and oxygen atoms in total. The molecule has 3 atom stereocenters. The van der Waals surface area contributed by atoms with E-state index in [0.717, 1.165) is 27.8 Å². The van der Waals surface area contributed by atoms with E-state index in [0.29, 0.717) is 0 Å². The molecular weight excluding hydrogens is 809 g/mol. The Morgan fingerprint density at radius 3 is 1.58 bits per heavy atom. The first-order valence-electron chi connectivity index (χ1n) is 21.4. The van der Waals surface area contributed by atoms with Crippen LogP contribution in [0.15, 0.2) is 164 Å². The molecular formula is C52H58N4O8. The zero-order valence-electron chi connectivity index (χ0n) is 36.8. The Morgan fingerprint density at radius 1 is 0.594 bits per heavy atom. The van der Waals surface area contributed by atoms with Gasteiger partial charge in [-0.1, -0.05) is 158 Å². The summed E-state index contributed by atoms with van der Waals surface area (Å²) in [6, 6.07) is 44.1. The van der Waals surface area contributed by atoms with Gasteiger partial charge in [-0.25, -0.2) is 9.59 Å². The van der Waals surface area contributed by atoms with Crippen LogP contribution in [0.2, 0.25) is 0 Å². The molecule has 0 radical (unpaired) electrons. The van der Waals surface area contributed by atoms with Crippen LogP contribution in [0.3, 0.4) is 0 Å². The molecule has 4 amide bonds. The number of alkyl carbamates (subject to hydrolysis) is 1. The van der Waals surface area contributed by atoms with E-state index in [1.807, 2.05) is 172 Å². The fourth-order valence-corrected chi connectivity index (χ4v) is 6.98. The average Bonchev–Trinajstić information content (AvgIpc) is 3.30. The molecule has 5 rings (SSSR count). The molecule has 0 unspecified atom stereocenters. The molecule has 4 N–H and O–H groups in total. The van der Waals surface area contributed by atoms with Crippen molar-refractivity contribution in [2.75, 3.05) is 13.2 Å². The van der Waals surface area contributed by atoms with E-state index in [1.54, 1.807) is 6.92 Å². The van der Waals surface area contributed by atoms with Crippen molar-refractivity contribution in [3.8, 4) is 0 Å². The summed E-state index contributed by atoms with van der Waals surface area (Å²) >= 11 is 0. The van der Waals surface area contributed by atoms with Gasteiger partial charge in [0.15, 0.2) is 0 Å². The number of amides is 4. The first-order valence-corrected chi connectivity index (χ1v) is 21.4. The molecule has 64 heavy (non-hydrogen) atoms. The summed E-state index contributed by atoms with van der Waals surface area (Å²) in [5.74, 6) is -2.22. The molecule has 334 valence electrons. The van der Waals surface area contributed by atoms with Crippen LogP contribution in [0, 0.1) is 0 Å². The van der Waals surface area contributed by atoms with E-state index in [2.05, 4.69) is 21.3 Å². The van der Waals surface area contributed by atoms with Crippen molar-refractivity contribution in [3.05, 3.63) is 192 Å². The second kappa shape index (κ2) is 24.0. The van der Waals surface area contributed by atoms with Gasteiger partial charge < -0.3 is 35.5 Å². The Morgan fingerprint density at radius 2 is 1.08 bits per heavy atom. The van der Waals surface area contributed by atoms with Crippen molar-refractivity contribution >= 4 is 29.8 Å². The van der Waals surface area contributed by atoms with Crippen LogP contribution in [0.25, 0.3) is 0 Å². The van der Waals surface area contributed by atoms with Gasteiger partial charge in [0.25, 0.3) is 0 Å². The normalized spacial score (nSPS) is 12.9. The lowest BCUT2D eigenvalue weighted by molar-refractivity contribution is -0.137. The number of nitrogens with one attached hydrogen (secondary N) is 4. The first-order chi connectivity index (χ1) is 30.9. The number of rotatable bonds is 21. The van der Waals surface area contributed by atoms with Crippen LogP contribution < -0.4 is 21.3 Å². The molecule has 0 bridgehead atoms.